The molecule has 0 bridgehead atoms. The molecule has 4 nitrogen and oxygen atoms in total. The van der Waals surface area contributed by atoms with Gasteiger partial charge in [0.05, 0.1) is 16.7 Å². The minimum atomic E-state index is 0.927. The Morgan fingerprint density at radius 1 is 0.759 bits per heavy atom. The quantitative estimate of drug-likeness (QED) is 0.397. The molecule has 0 saturated carbocycles. The molecule has 0 atom stereocenters. The molecule has 142 valence electrons. The molecule has 29 heavy (non-hydrogen) atoms. The van der Waals surface area contributed by atoms with Crippen molar-refractivity contribution >= 4 is 11.0 Å². The van der Waals surface area contributed by atoms with Gasteiger partial charge in [-0.15, -0.1) is 0 Å². The minimum absolute atomic E-state index is 0.927. The molecule has 0 radical (unpaired) electrons. The predicted octanol–water partition coefficient (Wildman–Crippen LogP) is 5.80. The first-order chi connectivity index (χ1) is 14.1. The smallest absolute Gasteiger partial charge is 0.144 e. The van der Waals surface area contributed by atoms with E-state index in [0.717, 1.165) is 28.1 Å². The Morgan fingerprint density at radius 3 is 2.28 bits per heavy atom. The average molecular weight is 378 g/mol. The first-order valence-electron chi connectivity index (χ1n) is 9.76. The molecule has 5 aromatic rings. The zero-order valence-electron chi connectivity index (χ0n) is 16.8. The van der Waals surface area contributed by atoms with E-state index in [2.05, 4.69) is 82.3 Å². The van der Waals surface area contributed by atoms with E-state index < -0.39 is 0 Å². The Labute approximate surface area is 170 Å². The molecular formula is C25H22N4. The lowest BCUT2D eigenvalue weighted by molar-refractivity contribution is 1.03. The van der Waals surface area contributed by atoms with Crippen molar-refractivity contribution in [3.8, 4) is 22.8 Å². The van der Waals surface area contributed by atoms with E-state index in [1.165, 1.54) is 22.4 Å². The normalized spacial score (nSPS) is 11.3. The molecule has 5 rings (SSSR count). The maximum absolute atomic E-state index is 4.67. The average Bonchev–Trinajstić information content (AvgIpc) is 3.34. The molecule has 0 spiro atoms. The maximum atomic E-state index is 4.67. The summed E-state index contributed by atoms with van der Waals surface area (Å²) in [5.41, 5.74) is 9.16. The lowest BCUT2D eigenvalue weighted by atomic mass is 10.0. The second kappa shape index (κ2) is 6.74. The van der Waals surface area contributed by atoms with Crippen LogP contribution in [0.5, 0.6) is 0 Å². The zero-order chi connectivity index (χ0) is 20.0. The number of nitrogens with zero attached hydrogens (tertiary/aromatic N) is 4. The molecule has 0 saturated heterocycles. The van der Waals surface area contributed by atoms with Crippen LogP contribution in [0.1, 0.15) is 16.7 Å². The Bertz CT molecular complexity index is 1300. The van der Waals surface area contributed by atoms with Crippen LogP contribution in [0, 0.1) is 20.8 Å². The van der Waals surface area contributed by atoms with Gasteiger partial charge in [-0.3, -0.25) is 9.13 Å². The number of imidazole rings is 2. The van der Waals surface area contributed by atoms with Crippen molar-refractivity contribution in [2.45, 2.75) is 20.8 Å². The molecular weight excluding hydrogens is 356 g/mol. The van der Waals surface area contributed by atoms with Crippen LogP contribution in [0.4, 0.5) is 0 Å². The largest absolute Gasteiger partial charge is 0.299 e. The fourth-order valence-electron chi connectivity index (χ4n) is 4.20. The summed E-state index contributed by atoms with van der Waals surface area (Å²) in [6.07, 6.45) is 5.78. The highest BCUT2D eigenvalue weighted by molar-refractivity contribution is 5.82. The summed E-state index contributed by atoms with van der Waals surface area (Å²) in [6, 6.07) is 21.1. The van der Waals surface area contributed by atoms with Gasteiger partial charge in [-0.25, -0.2) is 9.97 Å². The molecule has 0 aliphatic carbocycles. The van der Waals surface area contributed by atoms with Gasteiger partial charge in [0.2, 0.25) is 0 Å². The van der Waals surface area contributed by atoms with Crippen molar-refractivity contribution < 1.29 is 0 Å². The number of benzene rings is 3. The first-order valence-corrected chi connectivity index (χ1v) is 9.76. The lowest BCUT2D eigenvalue weighted by Crippen LogP contribution is -2.02. The lowest BCUT2D eigenvalue weighted by Gasteiger charge is -2.15. The summed E-state index contributed by atoms with van der Waals surface area (Å²) < 4.78 is 4.29. The van der Waals surface area contributed by atoms with E-state index in [0.29, 0.717) is 0 Å². The van der Waals surface area contributed by atoms with Crippen molar-refractivity contribution in [2.75, 3.05) is 0 Å². The van der Waals surface area contributed by atoms with E-state index >= 15 is 0 Å². The van der Waals surface area contributed by atoms with Crippen molar-refractivity contribution in [2.24, 2.45) is 0 Å². The summed E-state index contributed by atoms with van der Waals surface area (Å²) in [4.78, 5) is 9.31. The van der Waals surface area contributed by atoms with Crippen LogP contribution < -0.4 is 0 Å². The highest BCUT2D eigenvalue weighted by atomic mass is 15.1. The third-order valence-electron chi connectivity index (χ3n) is 5.36. The molecule has 0 unspecified atom stereocenters. The molecule has 3 aromatic carbocycles. The minimum Gasteiger partial charge on any atom is -0.299 e. The molecule has 2 aromatic heterocycles. The number of hydrogen-bond acceptors (Lipinski definition) is 2. The second-order valence-corrected chi connectivity index (χ2v) is 7.52. The van der Waals surface area contributed by atoms with Gasteiger partial charge in [0.25, 0.3) is 0 Å². The maximum Gasteiger partial charge on any atom is 0.144 e. The van der Waals surface area contributed by atoms with Crippen molar-refractivity contribution in [3.05, 3.63) is 96.1 Å². The highest BCUT2D eigenvalue weighted by Gasteiger charge is 2.14. The highest BCUT2D eigenvalue weighted by Crippen LogP contribution is 2.29. The van der Waals surface area contributed by atoms with Crippen LogP contribution >= 0.6 is 0 Å². The van der Waals surface area contributed by atoms with Crippen LogP contribution in [-0.4, -0.2) is 19.1 Å². The van der Waals surface area contributed by atoms with Gasteiger partial charge in [-0.2, -0.15) is 0 Å². The van der Waals surface area contributed by atoms with Crippen LogP contribution in [-0.2, 0) is 0 Å². The molecule has 0 fully saturated rings. The van der Waals surface area contributed by atoms with E-state index in [-0.39, 0.29) is 0 Å². The molecule has 0 aliphatic rings. The van der Waals surface area contributed by atoms with Crippen LogP contribution in [0.15, 0.2) is 79.4 Å². The van der Waals surface area contributed by atoms with Gasteiger partial charge in [0, 0.05) is 23.6 Å². The Balaban J connectivity index is 1.63. The third kappa shape index (κ3) is 2.93. The van der Waals surface area contributed by atoms with Gasteiger partial charge in [-0.1, -0.05) is 35.9 Å². The van der Waals surface area contributed by atoms with Gasteiger partial charge < -0.3 is 0 Å². The first kappa shape index (κ1) is 17.4. The molecule has 0 amide bonds. The Kier molecular flexibility index (Phi) is 4.06. The van der Waals surface area contributed by atoms with Crippen LogP contribution in [0.3, 0.4) is 0 Å². The zero-order valence-corrected chi connectivity index (χ0v) is 16.8. The Hall–Kier alpha value is -3.66. The molecule has 2 heterocycles. The summed E-state index contributed by atoms with van der Waals surface area (Å²) in [6.45, 7) is 6.45. The molecule has 4 heteroatoms. The van der Waals surface area contributed by atoms with Crippen molar-refractivity contribution in [1.29, 1.82) is 0 Å². The van der Waals surface area contributed by atoms with Crippen LogP contribution in [0.25, 0.3) is 33.8 Å². The predicted molar refractivity (Wildman–Crippen MR) is 118 cm³/mol. The van der Waals surface area contributed by atoms with Crippen molar-refractivity contribution in [3.63, 3.8) is 0 Å². The standard InChI is InChI=1S/C25H22N4/c1-17-13-18(2)24(19(3)14-17)28-12-11-26-25(28)20-9-10-23-22(15-20)27-16-29(23)21-7-5-4-6-8-21/h4-16H,1-3H3. The van der Waals surface area contributed by atoms with Gasteiger partial charge in [-0.05, 0) is 62.2 Å². The number of para-hydroxylation sites is 1. The van der Waals surface area contributed by atoms with Gasteiger partial charge in [0.15, 0.2) is 0 Å². The third-order valence-corrected chi connectivity index (χ3v) is 5.36. The van der Waals surface area contributed by atoms with Gasteiger partial charge in [0.1, 0.15) is 12.2 Å². The monoisotopic (exact) mass is 378 g/mol. The Morgan fingerprint density at radius 2 is 1.52 bits per heavy atom. The van der Waals surface area contributed by atoms with E-state index in [1.54, 1.807) is 0 Å². The van der Waals surface area contributed by atoms with Crippen molar-refractivity contribution in [1.82, 2.24) is 19.1 Å². The summed E-state index contributed by atoms with van der Waals surface area (Å²) in [5.74, 6) is 0.927. The van der Waals surface area contributed by atoms with Crippen LogP contribution in [0.2, 0.25) is 0 Å². The fourth-order valence-corrected chi connectivity index (χ4v) is 4.20. The summed E-state index contributed by atoms with van der Waals surface area (Å²) >= 11 is 0. The number of aryl methyl sites for hydroxylation is 3. The van der Waals surface area contributed by atoms with E-state index in [9.17, 15) is 0 Å². The number of hydrogen-bond donors (Lipinski definition) is 0. The van der Waals surface area contributed by atoms with E-state index in [1.807, 2.05) is 36.9 Å². The number of fused-ring (bicyclic) bond motifs is 1. The summed E-state index contributed by atoms with van der Waals surface area (Å²) in [7, 11) is 0. The van der Waals surface area contributed by atoms with E-state index in [4.69, 9.17) is 0 Å². The molecule has 0 aliphatic heterocycles. The molecule has 0 N–H and O–H groups in total. The van der Waals surface area contributed by atoms with Gasteiger partial charge >= 0.3 is 0 Å². The second-order valence-electron chi connectivity index (χ2n) is 7.52. The SMILES string of the molecule is Cc1cc(C)c(-n2ccnc2-c2ccc3c(c2)ncn3-c2ccccc2)c(C)c1. The topological polar surface area (TPSA) is 35.6 Å². The fraction of sp³-hybridized carbons (Fsp3) is 0.120. The number of rotatable bonds is 3. The summed E-state index contributed by atoms with van der Waals surface area (Å²) in [5, 5.41) is 0. The number of aromatic nitrogens is 4.